The number of nitrogen functional groups attached to an aromatic ring is 1. The van der Waals surface area contributed by atoms with Gasteiger partial charge in [0.1, 0.15) is 17.9 Å². The van der Waals surface area contributed by atoms with Crippen molar-refractivity contribution in [3.63, 3.8) is 0 Å². The Hall–Kier alpha value is -2.17. The average Bonchev–Trinajstić information content (AvgIpc) is 3.03. The number of ether oxygens (including phenoxy) is 1. The molecule has 0 bridgehead atoms. The van der Waals surface area contributed by atoms with Gasteiger partial charge in [0.05, 0.1) is 18.4 Å². The normalized spacial score (nSPS) is 26.6. The maximum Gasteiger partial charge on any atom is 0.196 e. The van der Waals surface area contributed by atoms with E-state index in [4.69, 9.17) is 15.6 Å². The number of aliphatic hydroxyl groups excluding tert-OH is 1. The van der Waals surface area contributed by atoms with Gasteiger partial charge in [-0.15, -0.1) is 0 Å². The maximum absolute atomic E-state index is 9.49. The highest BCUT2D eigenvalue weighted by Gasteiger charge is 2.44. The lowest BCUT2D eigenvalue weighted by molar-refractivity contribution is -0.0324. The minimum absolute atomic E-state index is 0.0934. The summed E-state index contributed by atoms with van der Waals surface area (Å²) in [5.41, 5.74) is 5.95. The molecule has 2 atom stereocenters. The summed E-state index contributed by atoms with van der Waals surface area (Å²) in [6.07, 6.45) is 2.18. The quantitative estimate of drug-likeness (QED) is 0.797. The van der Waals surface area contributed by atoms with Gasteiger partial charge in [-0.3, -0.25) is 0 Å². The van der Waals surface area contributed by atoms with Crippen LogP contribution in [0.1, 0.15) is 18.5 Å². The zero-order chi connectivity index (χ0) is 13.5. The number of aliphatic hydroxyl groups is 1. The van der Waals surface area contributed by atoms with E-state index in [-0.39, 0.29) is 12.7 Å². The Balaban J connectivity index is 2.14. The van der Waals surface area contributed by atoms with Crippen LogP contribution in [-0.2, 0) is 10.3 Å². The Kier molecular flexibility index (Phi) is 2.62. The van der Waals surface area contributed by atoms with Crippen molar-refractivity contribution in [2.45, 2.75) is 24.5 Å². The van der Waals surface area contributed by atoms with Crippen LogP contribution < -0.4 is 5.73 Å². The van der Waals surface area contributed by atoms with Crippen molar-refractivity contribution in [1.29, 1.82) is 5.26 Å². The third-order valence-corrected chi connectivity index (χ3v) is 3.47. The number of nitrogens with zero attached hydrogens (tertiary/aromatic N) is 4. The Bertz CT molecular complexity index is 662. The van der Waals surface area contributed by atoms with Gasteiger partial charge in [-0.1, -0.05) is 0 Å². The van der Waals surface area contributed by atoms with Crippen LogP contribution in [0.25, 0.3) is 5.52 Å². The largest absolute Gasteiger partial charge is 0.394 e. The van der Waals surface area contributed by atoms with Crippen LogP contribution in [0.5, 0.6) is 0 Å². The van der Waals surface area contributed by atoms with Gasteiger partial charge >= 0.3 is 0 Å². The lowest BCUT2D eigenvalue weighted by Gasteiger charge is -2.21. The molecule has 1 aliphatic rings. The predicted octanol–water partition coefficient (Wildman–Crippen LogP) is 0.202. The second-order valence-corrected chi connectivity index (χ2v) is 4.56. The highest BCUT2D eigenvalue weighted by Crippen LogP contribution is 2.39. The first kappa shape index (κ1) is 11.9. The van der Waals surface area contributed by atoms with Crippen molar-refractivity contribution in [1.82, 2.24) is 14.6 Å². The molecule has 19 heavy (non-hydrogen) atoms. The number of hydrogen-bond donors (Lipinski definition) is 2. The van der Waals surface area contributed by atoms with E-state index in [1.165, 1.54) is 6.33 Å². The lowest BCUT2D eigenvalue weighted by atomic mass is 9.98. The van der Waals surface area contributed by atoms with Crippen molar-refractivity contribution in [2.24, 2.45) is 0 Å². The van der Waals surface area contributed by atoms with Crippen LogP contribution in [0, 0.1) is 11.3 Å². The lowest BCUT2D eigenvalue weighted by Crippen LogP contribution is -2.27. The highest BCUT2D eigenvalue weighted by molar-refractivity contribution is 5.65. The van der Waals surface area contributed by atoms with Gasteiger partial charge in [0, 0.05) is 0 Å². The standard InChI is InChI=1S/C12H13N5O2/c13-6-12(4-3-8(5-18)19-12)10-2-1-9-11(14)15-7-16-17(9)10/h1-2,7-8,18H,3-5H2,(H2,14,15,16). The van der Waals surface area contributed by atoms with Gasteiger partial charge in [0.25, 0.3) is 0 Å². The predicted molar refractivity (Wildman–Crippen MR) is 65.9 cm³/mol. The summed E-state index contributed by atoms with van der Waals surface area (Å²) in [6.45, 7) is -0.0934. The number of aromatic nitrogens is 3. The number of anilines is 1. The molecule has 1 aliphatic heterocycles. The second-order valence-electron chi connectivity index (χ2n) is 4.56. The van der Waals surface area contributed by atoms with Crippen LogP contribution in [0.3, 0.4) is 0 Å². The molecule has 7 heteroatoms. The SMILES string of the molecule is N#CC1(c2ccc3c(N)ncnn23)CCC(CO)O1. The van der Waals surface area contributed by atoms with E-state index in [0.29, 0.717) is 29.9 Å². The topological polar surface area (TPSA) is 109 Å². The first-order valence-electron chi connectivity index (χ1n) is 5.99. The summed E-state index contributed by atoms with van der Waals surface area (Å²) in [7, 11) is 0. The van der Waals surface area contributed by atoms with E-state index >= 15 is 0 Å². The molecule has 0 saturated carbocycles. The van der Waals surface area contributed by atoms with E-state index < -0.39 is 5.60 Å². The zero-order valence-corrected chi connectivity index (χ0v) is 10.2. The average molecular weight is 259 g/mol. The third-order valence-electron chi connectivity index (χ3n) is 3.47. The molecule has 3 N–H and O–H groups in total. The third kappa shape index (κ3) is 1.65. The molecule has 2 unspecified atom stereocenters. The molecule has 1 saturated heterocycles. The van der Waals surface area contributed by atoms with Gasteiger partial charge < -0.3 is 15.6 Å². The number of nitriles is 1. The number of hydrogen-bond acceptors (Lipinski definition) is 6. The van der Waals surface area contributed by atoms with Gasteiger partial charge in [0.2, 0.25) is 0 Å². The van der Waals surface area contributed by atoms with Crippen molar-refractivity contribution in [2.75, 3.05) is 12.3 Å². The van der Waals surface area contributed by atoms with E-state index in [1.54, 1.807) is 16.6 Å². The second kappa shape index (κ2) is 4.19. The summed E-state index contributed by atoms with van der Waals surface area (Å²) in [6, 6.07) is 5.73. The number of rotatable bonds is 2. The fourth-order valence-electron chi connectivity index (χ4n) is 2.48. The molecule has 0 radical (unpaired) electrons. The van der Waals surface area contributed by atoms with E-state index in [1.807, 2.05) is 0 Å². The van der Waals surface area contributed by atoms with E-state index in [2.05, 4.69) is 16.2 Å². The van der Waals surface area contributed by atoms with Crippen LogP contribution in [0.2, 0.25) is 0 Å². The fourth-order valence-corrected chi connectivity index (χ4v) is 2.48. The Labute approximate surface area is 109 Å². The van der Waals surface area contributed by atoms with Crippen LogP contribution in [0.15, 0.2) is 18.5 Å². The molecule has 2 aromatic heterocycles. The summed E-state index contributed by atoms with van der Waals surface area (Å²) in [4.78, 5) is 3.91. The van der Waals surface area contributed by atoms with Crippen molar-refractivity contribution >= 4 is 11.3 Å². The van der Waals surface area contributed by atoms with Crippen LogP contribution in [0.4, 0.5) is 5.82 Å². The number of nitrogens with two attached hydrogens (primary N) is 1. The summed E-state index contributed by atoms with van der Waals surface area (Å²) < 4.78 is 7.28. The van der Waals surface area contributed by atoms with Gasteiger partial charge in [-0.25, -0.2) is 9.50 Å². The summed E-state index contributed by atoms with van der Waals surface area (Å²) in [5.74, 6) is 0.353. The summed E-state index contributed by atoms with van der Waals surface area (Å²) in [5, 5.41) is 22.8. The number of fused-ring (bicyclic) bond motifs is 1. The van der Waals surface area contributed by atoms with E-state index in [0.717, 1.165) is 0 Å². The molecule has 0 amide bonds. The van der Waals surface area contributed by atoms with Crippen molar-refractivity contribution in [3.8, 4) is 6.07 Å². The van der Waals surface area contributed by atoms with E-state index in [9.17, 15) is 5.26 Å². The fraction of sp³-hybridized carbons (Fsp3) is 0.417. The molecule has 0 spiro atoms. The first-order chi connectivity index (χ1) is 9.20. The molecular weight excluding hydrogens is 246 g/mol. The smallest absolute Gasteiger partial charge is 0.196 e. The minimum Gasteiger partial charge on any atom is -0.394 e. The molecule has 2 aromatic rings. The van der Waals surface area contributed by atoms with Gasteiger partial charge in [0.15, 0.2) is 11.4 Å². The highest BCUT2D eigenvalue weighted by atomic mass is 16.5. The van der Waals surface area contributed by atoms with Gasteiger partial charge in [-0.05, 0) is 25.0 Å². The van der Waals surface area contributed by atoms with Crippen molar-refractivity contribution in [3.05, 3.63) is 24.2 Å². The molecule has 3 heterocycles. The van der Waals surface area contributed by atoms with Crippen LogP contribution >= 0.6 is 0 Å². The molecular formula is C12H13N5O2. The first-order valence-corrected chi connectivity index (χ1v) is 5.99. The van der Waals surface area contributed by atoms with Crippen molar-refractivity contribution < 1.29 is 9.84 Å². The molecule has 0 aliphatic carbocycles. The summed E-state index contributed by atoms with van der Waals surface area (Å²) >= 11 is 0. The Morgan fingerprint density at radius 3 is 3.16 bits per heavy atom. The molecule has 3 rings (SSSR count). The monoisotopic (exact) mass is 259 g/mol. The van der Waals surface area contributed by atoms with Crippen LogP contribution in [-0.4, -0.2) is 32.4 Å². The molecule has 1 fully saturated rings. The maximum atomic E-state index is 9.49. The Morgan fingerprint density at radius 1 is 1.63 bits per heavy atom. The zero-order valence-electron chi connectivity index (χ0n) is 10.2. The van der Waals surface area contributed by atoms with Gasteiger partial charge in [-0.2, -0.15) is 10.4 Å². The molecule has 0 aromatic carbocycles. The minimum atomic E-state index is -1.08. The molecule has 7 nitrogen and oxygen atoms in total. The molecule has 98 valence electrons. The Morgan fingerprint density at radius 2 is 2.47 bits per heavy atom.